The number of carbonyl (C=O) groups excluding carboxylic acids is 1. The Kier molecular flexibility index (Phi) is 9.33. The largest absolute Gasteiger partial charge is 0.493 e. The number of amides is 1. The zero-order valence-corrected chi connectivity index (χ0v) is 16.7. The second-order valence-electron chi connectivity index (χ2n) is 6.37. The average Bonchev–Trinajstić information content (AvgIpc) is 2.63. The molecule has 2 unspecified atom stereocenters. The minimum absolute atomic E-state index is 0.0476. The number of hydrogen-bond acceptors (Lipinski definition) is 4. The van der Waals surface area contributed by atoms with Crippen LogP contribution in [0, 0.1) is 0 Å². The summed E-state index contributed by atoms with van der Waals surface area (Å²) in [6, 6.07) is 7.79. The summed E-state index contributed by atoms with van der Waals surface area (Å²) in [6.07, 6.45) is 0.843. The molecule has 0 aromatic heterocycles. The average molecular weight is 364 g/mol. The molecule has 0 saturated heterocycles. The molecule has 0 radical (unpaired) electrons. The highest BCUT2D eigenvalue weighted by molar-refractivity contribution is 5.84. The molecule has 1 rings (SSSR count). The number of aliphatic imine (C=N–C) groups is 1. The van der Waals surface area contributed by atoms with Gasteiger partial charge in [0.25, 0.3) is 0 Å². The summed E-state index contributed by atoms with van der Waals surface area (Å²) in [5, 5.41) is 6.53. The Morgan fingerprint density at radius 3 is 2.46 bits per heavy atom. The van der Waals surface area contributed by atoms with Crippen LogP contribution >= 0.6 is 0 Å². The highest BCUT2D eigenvalue weighted by Crippen LogP contribution is 2.26. The molecule has 7 heteroatoms. The summed E-state index contributed by atoms with van der Waals surface area (Å²) in [4.78, 5) is 17.7. The molecule has 0 saturated carbocycles. The SMILES string of the molecule is CCC(C)NC(=NCC(=O)N(C)C)NCC(C)Oc1ccccc1OC. The Morgan fingerprint density at radius 1 is 1.23 bits per heavy atom. The Bertz CT molecular complexity index is 590. The van der Waals surface area contributed by atoms with Gasteiger partial charge in [0, 0.05) is 20.1 Å². The number of methoxy groups -OCH3 is 1. The number of guanidine groups is 1. The van der Waals surface area contributed by atoms with Crippen molar-refractivity contribution in [3.63, 3.8) is 0 Å². The number of benzene rings is 1. The number of likely N-dealkylation sites (N-methyl/N-ethyl adjacent to an activating group) is 1. The van der Waals surface area contributed by atoms with Gasteiger partial charge < -0.3 is 25.0 Å². The van der Waals surface area contributed by atoms with Crippen molar-refractivity contribution in [2.24, 2.45) is 4.99 Å². The Balaban J connectivity index is 2.66. The van der Waals surface area contributed by atoms with Crippen LogP contribution in [-0.2, 0) is 4.79 Å². The Morgan fingerprint density at radius 2 is 1.88 bits per heavy atom. The molecule has 1 aromatic rings. The molecule has 2 atom stereocenters. The van der Waals surface area contributed by atoms with Gasteiger partial charge in [-0.2, -0.15) is 0 Å². The summed E-state index contributed by atoms with van der Waals surface area (Å²) < 4.78 is 11.2. The van der Waals surface area contributed by atoms with Gasteiger partial charge in [0.05, 0.1) is 13.7 Å². The van der Waals surface area contributed by atoms with E-state index >= 15 is 0 Å². The van der Waals surface area contributed by atoms with Crippen molar-refractivity contribution in [3.8, 4) is 11.5 Å². The zero-order chi connectivity index (χ0) is 19.5. The van der Waals surface area contributed by atoms with E-state index in [2.05, 4.69) is 29.5 Å². The van der Waals surface area contributed by atoms with E-state index in [9.17, 15) is 4.79 Å². The van der Waals surface area contributed by atoms with Gasteiger partial charge >= 0.3 is 0 Å². The monoisotopic (exact) mass is 364 g/mol. The van der Waals surface area contributed by atoms with Gasteiger partial charge in [-0.1, -0.05) is 19.1 Å². The van der Waals surface area contributed by atoms with E-state index in [1.165, 1.54) is 4.90 Å². The quantitative estimate of drug-likeness (QED) is 0.517. The summed E-state index contributed by atoms with van der Waals surface area (Å²) in [5.74, 6) is 1.95. The number of para-hydroxylation sites is 2. The van der Waals surface area contributed by atoms with E-state index < -0.39 is 0 Å². The molecule has 146 valence electrons. The first-order chi connectivity index (χ1) is 12.4. The summed E-state index contributed by atoms with van der Waals surface area (Å²) in [5.41, 5.74) is 0. The molecule has 0 aliphatic carbocycles. The highest BCUT2D eigenvalue weighted by atomic mass is 16.5. The van der Waals surface area contributed by atoms with E-state index in [4.69, 9.17) is 9.47 Å². The van der Waals surface area contributed by atoms with Crippen LogP contribution in [0.3, 0.4) is 0 Å². The first-order valence-corrected chi connectivity index (χ1v) is 8.92. The van der Waals surface area contributed by atoms with Crippen molar-refractivity contribution >= 4 is 11.9 Å². The van der Waals surface area contributed by atoms with Gasteiger partial charge in [-0.25, -0.2) is 4.99 Å². The van der Waals surface area contributed by atoms with Gasteiger partial charge in [0.15, 0.2) is 17.5 Å². The predicted octanol–water partition coefficient (Wildman–Crippen LogP) is 1.88. The van der Waals surface area contributed by atoms with Crippen LogP contribution in [0.25, 0.3) is 0 Å². The van der Waals surface area contributed by atoms with Crippen molar-refractivity contribution in [1.82, 2.24) is 15.5 Å². The number of nitrogens with zero attached hydrogens (tertiary/aromatic N) is 2. The lowest BCUT2D eigenvalue weighted by molar-refractivity contribution is -0.127. The minimum atomic E-state index is -0.111. The van der Waals surface area contributed by atoms with Crippen LogP contribution in [0.1, 0.15) is 27.2 Å². The third-order valence-corrected chi connectivity index (χ3v) is 3.82. The number of nitrogens with one attached hydrogen (secondary N) is 2. The number of hydrogen-bond donors (Lipinski definition) is 2. The fourth-order valence-electron chi connectivity index (χ4n) is 1.99. The second kappa shape index (κ2) is 11.2. The molecule has 26 heavy (non-hydrogen) atoms. The Hall–Kier alpha value is -2.44. The lowest BCUT2D eigenvalue weighted by Crippen LogP contribution is -2.45. The van der Waals surface area contributed by atoms with Crippen molar-refractivity contribution < 1.29 is 14.3 Å². The van der Waals surface area contributed by atoms with E-state index in [-0.39, 0.29) is 24.6 Å². The van der Waals surface area contributed by atoms with E-state index in [0.29, 0.717) is 24.0 Å². The third kappa shape index (κ3) is 7.63. The topological polar surface area (TPSA) is 75.2 Å². The van der Waals surface area contributed by atoms with Crippen LogP contribution in [0.2, 0.25) is 0 Å². The number of rotatable bonds is 9. The first-order valence-electron chi connectivity index (χ1n) is 8.92. The maximum atomic E-state index is 11.8. The van der Waals surface area contributed by atoms with Crippen molar-refractivity contribution in [2.75, 3.05) is 34.3 Å². The van der Waals surface area contributed by atoms with E-state index in [1.54, 1.807) is 21.2 Å². The van der Waals surface area contributed by atoms with E-state index in [1.807, 2.05) is 31.2 Å². The summed E-state index contributed by atoms with van der Waals surface area (Å²) in [6.45, 7) is 6.76. The van der Waals surface area contributed by atoms with Crippen LogP contribution in [0.4, 0.5) is 0 Å². The fraction of sp³-hybridized carbons (Fsp3) is 0.579. The molecule has 1 amide bonds. The van der Waals surface area contributed by atoms with Gasteiger partial charge in [-0.05, 0) is 32.4 Å². The molecule has 0 spiro atoms. The van der Waals surface area contributed by atoms with Crippen molar-refractivity contribution in [3.05, 3.63) is 24.3 Å². The molecule has 0 bridgehead atoms. The predicted molar refractivity (Wildman–Crippen MR) is 105 cm³/mol. The lowest BCUT2D eigenvalue weighted by Gasteiger charge is -2.21. The lowest BCUT2D eigenvalue weighted by atomic mass is 10.3. The van der Waals surface area contributed by atoms with Gasteiger partial charge in [0.1, 0.15) is 12.6 Å². The van der Waals surface area contributed by atoms with E-state index in [0.717, 1.165) is 6.42 Å². The molecule has 0 aliphatic heterocycles. The maximum absolute atomic E-state index is 11.8. The highest BCUT2D eigenvalue weighted by Gasteiger charge is 2.11. The first kappa shape index (κ1) is 21.6. The van der Waals surface area contributed by atoms with Gasteiger partial charge in [-0.15, -0.1) is 0 Å². The third-order valence-electron chi connectivity index (χ3n) is 3.82. The molecular weight excluding hydrogens is 332 g/mol. The molecule has 2 N–H and O–H groups in total. The minimum Gasteiger partial charge on any atom is -0.493 e. The summed E-state index contributed by atoms with van der Waals surface area (Å²) in [7, 11) is 5.06. The smallest absolute Gasteiger partial charge is 0.243 e. The van der Waals surface area contributed by atoms with Gasteiger partial charge in [-0.3, -0.25) is 4.79 Å². The standard InChI is InChI=1S/C19H32N4O3/c1-7-14(2)22-19(21-13-18(24)23(4)5)20-12-15(3)26-17-11-9-8-10-16(17)25-6/h8-11,14-15H,7,12-13H2,1-6H3,(H2,20,21,22). The molecule has 0 heterocycles. The Labute approximate surface area is 156 Å². The molecule has 1 aromatic carbocycles. The molecule has 7 nitrogen and oxygen atoms in total. The van der Waals surface area contributed by atoms with Crippen LogP contribution < -0.4 is 20.1 Å². The van der Waals surface area contributed by atoms with Crippen LogP contribution in [-0.4, -0.2) is 63.2 Å². The summed E-state index contributed by atoms with van der Waals surface area (Å²) >= 11 is 0. The normalized spacial score (nSPS) is 13.5. The number of carbonyl (C=O) groups is 1. The molecule has 0 fully saturated rings. The van der Waals surface area contributed by atoms with Gasteiger partial charge in [0.2, 0.25) is 5.91 Å². The molecule has 0 aliphatic rings. The van der Waals surface area contributed by atoms with Crippen LogP contribution in [0.5, 0.6) is 11.5 Å². The zero-order valence-electron chi connectivity index (χ0n) is 16.7. The van der Waals surface area contributed by atoms with Crippen molar-refractivity contribution in [1.29, 1.82) is 0 Å². The second-order valence-corrected chi connectivity index (χ2v) is 6.37. The number of ether oxygens (including phenoxy) is 2. The van der Waals surface area contributed by atoms with Crippen molar-refractivity contribution in [2.45, 2.75) is 39.3 Å². The van der Waals surface area contributed by atoms with Crippen LogP contribution in [0.15, 0.2) is 29.3 Å². The fourth-order valence-corrected chi connectivity index (χ4v) is 1.99. The maximum Gasteiger partial charge on any atom is 0.243 e. The molecular formula is C19H32N4O3.